The van der Waals surface area contributed by atoms with Crippen LogP contribution in [0.2, 0.25) is 0 Å². The Morgan fingerprint density at radius 3 is 2.31 bits per heavy atom. The van der Waals surface area contributed by atoms with Crippen LogP contribution in [0.15, 0.2) is 0 Å². The lowest BCUT2D eigenvalue weighted by atomic mass is 9.76. The number of carbonyl (C=O) groups is 1. The van der Waals surface area contributed by atoms with Crippen molar-refractivity contribution in [3.05, 3.63) is 0 Å². The van der Waals surface area contributed by atoms with E-state index in [4.69, 9.17) is 0 Å². The number of aliphatic carboxylic acids is 1. The molecule has 0 saturated heterocycles. The average Bonchev–Trinajstić information content (AvgIpc) is 2.21. The van der Waals surface area contributed by atoms with Crippen molar-refractivity contribution in [3.8, 4) is 0 Å². The van der Waals surface area contributed by atoms with Gasteiger partial charge < -0.3 is 10.2 Å². The number of hydrogen-bond donors (Lipinski definition) is 3. The van der Waals surface area contributed by atoms with Gasteiger partial charge in [0.1, 0.15) is 5.54 Å². The highest BCUT2D eigenvalue weighted by Crippen LogP contribution is 2.33. The number of carboxylic acids is 1. The first-order chi connectivity index (χ1) is 7.31. The number of aliphatic hydroxyl groups is 1. The first-order valence-electron chi connectivity index (χ1n) is 5.95. The molecule has 0 spiro atoms. The number of carboxylic acid groups (broad SMARTS) is 1. The van der Waals surface area contributed by atoms with Crippen molar-refractivity contribution < 1.29 is 15.0 Å². The lowest BCUT2D eigenvalue weighted by molar-refractivity contribution is -0.148. The summed E-state index contributed by atoms with van der Waals surface area (Å²) < 4.78 is 0. The Morgan fingerprint density at radius 2 is 1.94 bits per heavy atom. The molecule has 0 aromatic rings. The summed E-state index contributed by atoms with van der Waals surface area (Å²) in [5, 5.41) is 21.7. The third kappa shape index (κ3) is 2.95. The van der Waals surface area contributed by atoms with E-state index in [1.54, 1.807) is 0 Å². The molecule has 0 heterocycles. The Balaban J connectivity index is 2.78. The van der Waals surface area contributed by atoms with E-state index in [0.29, 0.717) is 18.8 Å². The van der Waals surface area contributed by atoms with Crippen LogP contribution in [0.5, 0.6) is 0 Å². The maximum Gasteiger partial charge on any atom is 0.323 e. The van der Waals surface area contributed by atoms with E-state index in [0.717, 1.165) is 12.8 Å². The van der Waals surface area contributed by atoms with Crippen LogP contribution >= 0.6 is 0 Å². The van der Waals surface area contributed by atoms with Crippen LogP contribution in [0.1, 0.15) is 46.5 Å². The summed E-state index contributed by atoms with van der Waals surface area (Å²) in [4.78, 5) is 11.4. The second-order valence-corrected chi connectivity index (χ2v) is 5.74. The molecule has 16 heavy (non-hydrogen) atoms. The second kappa shape index (κ2) is 4.72. The fraction of sp³-hybridized carbons (Fsp3) is 0.917. The average molecular weight is 229 g/mol. The lowest BCUT2D eigenvalue weighted by Crippen LogP contribution is -2.62. The van der Waals surface area contributed by atoms with E-state index in [9.17, 15) is 15.0 Å². The van der Waals surface area contributed by atoms with E-state index in [1.807, 2.05) is 13.8 Å². The highest BCUT2D eigenvalue weighted by Gasteiger charge is 2.44. The molecular weight excluding hydrogens is 206 g/mol. The molecule has 0 bridgehead atoms. The first-order valence-corrected chi connectivity index (χ1v) is 5.95. The van der Waals surface area contributed by atoms with Crippen molar-refractivity contribution in [1.29, 1.82) is 0 Å². The quantitative estimate of drug-likeness (QED) is 0.681. The summed E-state index contributed by atoms with van der Waals surface area (Å²) in [6.45, 7) is 5.76. The summed E-state index contributed by atoms with van der Waals surface area (Å²) in [6.07, 6.45) is 3.15. The highest BCUT2D eigenvalue weighted by molar-refractivity contribution is 5.79. The predicted molar refractivity (Wildman–Crippen MR) is 62.3 cm³/mol. The Morgan fingerprint density at radius 1 is 1.44 bits per heavy atom. The third-order valence-corrected chi connectivity index (χ3v) is 3.51. The van der Waals surface area contributed by atoms with Gasteiger partial charge >= 0.3 is 5.97 Å². The normalized spacial score (nSPS) is 31.4. The van der Waals surface area contributed by atoms with E-state index < -0.39 is 17.0 Å². The molecule has 0 aliphatic heterocycles. The molecule has 3 N–H and O–H groups in total. The molecule has 0 aromatic heterocycles. The molecule has 1 rings (SSSR count). The van der Waals surface area contributed by atoms with Crippen molar-refractivity contribution in [1.82, 2.24) is 5.32 Å². The van der Waals surface area contributed by atoms with Crippen LogP contribution in [0.3, 0.4) is 0 Å². The minimum atomic E-state index is -0.848. The molecule has 1 aliphatic rings. The standard InChI is InChI=1S/C12H23NO3/c1-9-4-6-12(7-5-9,10(15)16)13-11(2,3)8-14/h9,13-14H,4-8H2,1-3H3,(H,15,16). The van der Waals surface area contributed by atoms with Gasteiger partial charge in [-0.05, 0) is 45.4 Å². The van der Waals surface area contributed by atoms with Gasteiger partial charge in [0, 0.05) is 5.54 Å². The molecule has 4 nitrogen and oxygen atoms in total. The second-order valence-electron chi connectivity index (χ2n) is 5.74. The molecule has 0 amide bonds. The van der Waals surface area contributed by atoms with Gasteiger partial charge in [0.25, 0.3) is 0 Å². The van der Waals surface area contributed by atoms with Gasteiger partial charge in [-0.1, -0.05) is 6.92 Å². The smallest absolute Gasteiger partial charge is 0.323 e. The van der Waals surface area contributed by atoms with Gasteiger partial charge in [-0.3, -0.25) is 10.1 Å². The van der Waals surface area contributed by atoms with Crippen LogP contribution in [-0.4, -0.2) is 33.9 Å². The minimum absolute atomic E-state index is 0.0580. The van der Waals surface area contributed by atoms with Gasteiger partial charge in [-0.2, -0.15) is 0 Å². The molecular formula is C12H23NO3. The number of hydrogen-bond acceptors (Lipinski definition) is 3. The molecule has 0 atom stereocenters. The van der Waals surface area contributed by atoms with Crippen LogP contribution in [0.4, 0.5) is 0 Å². The molecule has 0 unspecified atom stereocenters. The van der Waals surface area contributed by atoms with E-state index in [-0.39, 0.29) is 6.61 Å². The van der Waals surface area contributed by atoms with Crippen LogP contribution < -0.4 is 5.32 Å². The first kappa shape index (κ1) is 13.5. The topological polar surface area (TPSA) is 69.6 Å². The fourth-order valence-electron chi connectivity index (χ4n) is 2.33. The van der Waals surface area contributed by atoms with Crippen molar-refractivity contribution >= 4 is 5.97 Å². The molecule has 94 valence electrons. The van der Waals surface area contributed by atoms with Crippen molar-refractivity contribution in [2.45, 2.75) is 57.5 Å². The predicted octanol–water partition coefficient (Wildman–Crippen LogP) is 1.38. The van der Waals surface area contributed by atoms with Gasteiger partial charge in [0.15, 0.2) is 0 Å². The van der Waals surface area contributed by atoms with Crippen LogP contribution in [-0.2, 0) is 4.79 Å². The summed E-state index contributed by atoms with van der Waals surface area (Å²) in [7, 11) is 0. The van der Waals surface area contributed by atoms with Gasteiger partial charge in [-0.15, -0.1) is 0 Å². The van der Waals surface area contributed by atoms with Gasteiger partial charge in [-0.25, -0.2) is 0 Å². The van der Waals surface area contributed by atoms with E-state index >= 15 is 0 Å². The molecule has 1 aliphatic carbocycles. The van der Waals surface area contributed by atoms with Gasteiger partial charge in [0.2, 0.25) is 0 Å². The number of aliphatic hydroxyl groups excluding tert-OH is 1. The zero-order valence-electron chi connectivity index (χ0n) is 10.4. The Hall–Kier alpha value is -0.610. The molecule has 0 aromatic carbocycles. The molecule has 1 fully saturated rings. The summed E-state index contributed by atoms with van der Waals surface area (Å²) >= 11 is 0. The Bertz CT molecular complexity index is 255. The van der Waals surface area contributed by atoms with E-state index in [1.165, 1.54) is 0 Å². The van der Waals surface area contributed by atoms with Crippen molar-refractivity contribution in [2.24, 2.45) is 5.92 Å². The largest absolute Gasteiger partial charge is 0.480 e. The number of rotatable bonds is 4. The Labute approximate surface area is 97.0 Å². The third-order valence-electron chi connectivity index (χ3n) is 3.51. The van der Waals surface area contributed by atoms with Crippen molar-refractivity contribution in [2.75, 3.05) is 6.61 Å². The minimum Gasteiger partial charge on any atom is -0.480 e. The lowest BCUT2D eigenvalue weighted by Gasteiger charge is -2.42. The van der Waals surface area contributed by atoms with Crippen LogP contribution in [0.25, 0.3) is 0 Å². The number of nitrogens with one attached hydrogen (secondary N) is 1. The zero-order chi connectivity index (χ0) is 12.4. The summed E-state index contributed by atoms with van der Waals surface area (Å²) in [5.74, 6) is -0.188. The van der Waals surface area contributed by atoms with Crippen LogP contribution in [0, 0.1) is 5.92 Å². The molecule has 4 heteroatoms. The monoisotopic (exact) mass is 229 g/mol. The molecule has 1 saturated carbocycles. The summed E-state index contributed by atoms with van der Waals surface area (Å²) in [6, 6.07) is 0. The van der Waals surface area contributed by atoms with Gasteiger partial charge in [0.05, 0.1) is 6.61 Å². The SMILES string of the molecule is CC1CCC(NC(C)(C)CO)(C(=O)O)CC1. The Kier molecular flexibility index (Phi) is 3.97. The summed E-state index contributed by atoms with van der Waals surface area (Å²) in [5.41, 5.74) is -1.39. The molecule has 0 radical (unpaired) electrons. The van der Waals surface area contributed by atoms with Crippen molar-refractivity contribution in [3.63, 3.8) is 0 Å². The maximum absolute atomic E-state index is 11.4. The fourth-order valence-corrected chi connectivity index (χ4v) is 2.33. The zero-order valence-corrected chi connectivity index (χ0v) is 10.4. The van der Waals surface area contributed by atoms with E-state index in [2.05, 4.69) is 12.2 Å². The maximum atomic E-state index is 11.4. The highest BCUT2D eigenvalue weighted by atomic mass is 16.4.